The summed E-state index contributed by atoms with van der Waals surface area (Å²) in [4.78, 5) is 12.9. The van der Waals surface area contributed by atoms with Gasteiger partial charge in [0.2, 0.25) is 15.9 Å². The summed E-state index contributed by atoms with van der Waals surface area (Å²) >= 11 is 0. The van der Waals surface area contributed by atoms with E-state index in [1.807, 2.05) is 19.1 Å². The zero-order chi connectivity index (χ0) is 21.3. The van der Waals surface area contributed by atoms with Gasteiger partial charge in [0, 0.05) is 19.2 Å². The molecule has 0 unspecified atom stereocenters. The number of nitrogens with zero attached hydrogens (tertiary/aromatic N) is 1. The van der Waals surface area contributed by atoms with Crippen molar-refractivity contribution >= 4 is 21.6 Å². The Hall–Kier alpha value is -2.32. The third kappa shape index (κ3) is 4.48. The van der Waals surface area contributed by atoms with Gasteiger partial charge in [0.15, 0.2) is 0 Å². The van der Waals surface area contributed by atoms with Gasteiger partial charge in [-0.1, -0.05) is 17.7 Å². The average molecular weight is 422 g/mol. The molecule has 1 amide bonds. The van der Waals surface area contributed by atoms with Gasteiger partial charge in [0.1, 0.15) is 11.6 Å². The lowest BCUT2D eigenvalue weighted by atomic mass is 9.98. The molecular formula is C21H24F2N2O3S. The molecule has 3 rings (SSSR count). The highest BCUT2D eigenvalue weighted by Crippen LogP contribution is 2.29. The number of nitrogens with one attached hydrogen (secondary N) is 1. The lowest BCUT2D eigenvalue weighted by Crippen LogP contribution is -2.44. The van der Waals surface area contributed by atoms with E-state index in [-0.39, 0.29) is 17.1 Å². The summed E-state index contributed by atoms with van der Waals surface area (Å²) in [7, 11) is -3.78. The van der Waals surface area contributed by atoms with E-state index in [0.29, 0.717) is 30.5 Å². The van der Waals surface area contributed by atoms with Crippen molar-refractivity contribution in [3.63, 3.8) is 0 Å². The maximum atomic E-state index is 13.8. The number of sulfonamides is 1. The smallest absolute Gasteiger partial charge is 0.243 e. The molecule has 1 aliphatic rings. The molecule has 0 spiro atoms. The largest absolute Gasteiger partial charge is 0.323 e. The van der Waals surface area contributed by atoms with Crippen molar-refractivity contribution in [2.24, 2.45) is 5.92 Å². The van der Waals surface area contributed by atoms with Gasteiger partial charge in [0.25, 0.3) is 0 Å². The third-order valence-electron chi connectivity index (χ3n) is 5.14. The molecule has 1 aliphatic heterocycles. The number of rotatable bonds is 4. The highest BCUT2D eigenvalue weighted by molar-refractivity contribution is 7.89. The summed E-state index contributed by atoms with van der Waals surface area (Å²) in [5.41, 5.74) is 2.05. The number of carbonyl (C=O) groups is 1. The summed E-state index contributed by atoms with van der Waals surface area (Å²) in [5, 5.41) is 2.39. The molecule has 1 fully saturated rings. The standard InChI is InChI=1S/C21H24F2N2O3S/c1-13-9-14(2)20(15(3)10-13)29(27,28)25-8-4-5-16(12-25)21(26)24-19-11-17(22)6-7-18(19)23/h6-7,9-11,16H,4-5,8,12H2,1-3H3,(H,24,26)/t16-/m0/s1. The molecule has 2 aromatic rings. The van der Waals surface area contributed by atoms with Crippen LogP contribution in [-0.2, 0) is 14.8 Å². The molecule has 2 aromatic carbocycles. The van der Waals surface area contributed by atoms with Crippen molar-refractivity contribution in [2.45, 2.75) is 38.5 Å². The topological polar surface area (TPSA) is 66.5 Å². The number of benzene rings is 2. The SMILES string of the molecule is Cc1cc(C)c(S(=O)(=O)N2CCC[C@H](C(=O)Nc3cc(F)ccc3F)C2)c(C)c1. The molecule has 0 bridgehead atoms. The predicted molar refractivity (Wildman–Crippen MR) is 107 cm³/mol. The first kappa shape index (κ1) is 21.4. The highest BCUT2D eigenvalue weighted by Gasteiger charge is 2.35. The summed E-state index contributed by atoms with van der Waals surface area (Å²) in [6, 6.07) is 6.45. The van der Waals surface area contributed by atoms with Crippen molar-refractivity contribution in [1.29, 1.82) is 0 Å². The quantitative estimate of drug-likeness (QED) is 0.812. The van der Waals surface area contributed by atoms with E-state index in [1.54, 1.807) is 13.8 Å². The molecule has 0 saturated carbocycles. The van der Waals surface area contributed by atoms with Crippen LogP contribution in [0.5, 0.6) is 0 Å². The van der Waals surface area contributed by atoms with Crippen LogP contribution in [0, 0.1) is 38.3 Å². The number of anilines is 1. The Morgan fingerprint density at radius 3 is 2.41 bits per heavy atom. The number of hydrogen-bond donors (Lipinski definition) is 1. The van der Waals surface area contributed by atoms with Gasteiger partial charge >= 0.3 is 0 Å². The monoisotopic (exact) mass is 422 g/mol. The molecule has 1 N–H and O–H groups in total. The van der Waals surface area contributed by atoms with Crippen LogP contribution in [0.3, 0.4) is 0 Å². The molecule has 29 heavy (non-hydrogen) atoms. The molecular weight excluding hydrogens is 398 g/mol. The van der Waals surface area contributed by atoms with Crippen LogP contribution in [0.4, 0.5) is 14.5 Å². The molecule has 1 atom stereocenters. The van der Waals surface area contributed by atoms with E-state index in [4.69, 9.17) is 0 Å². The van der Waals surface area contributed by atoms with Crippen LogP contribution in [-0.4, -0.2) is 31.7 Å². The second-order valence-electron chi connectivity index (χ2n) is 7.54. The van der Waals surface area contributed by atoms with E-state index in [2.05, 4.69) is 5.32 Å². The fourth-order valence-electron chi connectivity index (χ4n) is 3.91. The number of amides is 1. The van der Waals surface area contributed by atoms with Crippen molar-refractivity contribution in [3.8, 4) is 0 Å². The second kappa shape index (κ2) is 8.20. The summed E-state index contributed by atoms with van der Waals surface area (Å²) in [5.74, 6) is -2.58. The second-order valence-corrected chi connectivity index (χ2v) is 9.42. The van der Waals surface area contributed by atoms with Gasteiger partial charge in [-0.25, -0.2) is 17.2 Å². The van der Waals surface area contributed by atoms with Crippen LogP contribution in [0.2, 0.25) is 0 Å². The minimum Gasteiger partial charge on any atom is -0.323 e. The fourth-order valence-corrected chi connectivity index (χ4v) is 5.84. The van der Waals surface area contributed by atoms with Crippen LogP contribution >= 0.6 is 0 Å². The van der Waals surface area contributed by atoms with E-state index < -0.39 is 33.5 Å². The lowest BCUT2D eigenvalue weighted by molar-refractivity contribution is -0.120. The molecule has 1 heterocycles. The van der Waals surface area contributed by atoms with Crippen molar-refractivity contribution in [3.05, 3.63) is 58.7 Å². The van der Waals surface area contributed by atoms with Gasteiger partial charge in [-0.2, -0.15) is 4.31 Å². The minimum atomic E-state index is -3.78. The van der Waals surface area contributed by atoms with Crippen LogP contribution < -0.4 is 5.32 Å². The molecule has 1 saturated heterocycles. The fraction of sp³-hybridized carbons (Fsp3) is 0.381. The Morgan fingerprint density at radius 2 is 1.76 bits per heavy atom. The third-order valence-corrected chi connectivity index (χ3v) is 7.32. The van der Waals surface area contributed by atoms with Gasteiger partial charge in [-0.3, -0.25) is 4.79 Å². The summed E-state index contributed by atoms with van der Waals surface area (Å²) in [6.07, 6.45) is 0.980. The molecule has 5 nitrogen and oxygen atoms in total. The van der Waals surface area contributed by atoms with E-state index in [0.717, 1.165) is 23.8 Å². The van der Waals surface area contributed by atoms with E-state index in [9.17, 15) is 22.0 Å². The Balaban J connectivity index is 1.81. The molecule has 0 aromatic heterocycles. The Morgan fingerprint density at radius 1 is 1.10 bits per heavy atom. The number of piperidine rings is 1. The molecule has 0 radical (unpaired) electrons. The van der Waals surface area contributed by atoms with Crippen LogP contribution in [0.25, 0.3) is 0 Å². The maximum absolute atomic E-state index is 13.8. The molecule has 8 heteroatoms. The predicted octanol–water partition coefficient (Wildman–Crippen LogP) is 3.93. The zero-order valence-electron chi connectivity index (χ0n) is 16.6. The van der Waals surface area contributed by atoms with Crippen LogP contribution in [0.15, 0.2) is 35.2 Å². The maximum Gasteiger partial charge on any atom is 0.243 e. The van der Waals surface area contributed by atoms with Crippen LogP contribution in [0.1, 0.15) is 29.5 Å². The number of halogens is 2. The highest BCUT2D eigenvalue weighted by atomic mass is 32.2. The Bertz CT molecular complexity index is 1030. The summed E-state index contributed by atoms with van der Waals surface area (Å²) in [6.45, 7) is 5.73. The van der Waals surface area contributed by atoms with Gasteiger partial charge in [-0.15, -0.1) is 0 Å². The number of carbonyl (C=O) groups excluding carboxylic acids is 1. The zero-order valence-corrected chi connectivity index (χ0v) is 17.4. The lowest BCUT2D eigenvalue weighted by Gasteiger charge is -2.32. The first-order valence-corrected chi connectivity index (χ1v) is 10.9. The van der Waals surface area contributed by atoms with Gasteiger partial charge < -0.3 is 5.32 Å². The van der Waals surface area contributed by atoms with Gasteiger partial charge in [-0.05, 0) is 56.9 Å². The van der Waals surface area contributed by atoms with Gasteiger partial charge in [0.05, 0.1) is 16.5 Å². The first-order valence-electron chi connectivity index (χ1n) is 9.43. The summed E-state index contributed by atoms with van der Waals surface area (Å²) < 4.78 is 55.0. The van der Waals surface area contributed by atoms with Crippen molar-refractivity contribution < 1.29 is 22.0 Å². The van der Waals surface area contributed by atoms with E-state index >= 15 is 0 Å². The minimum absolute atomic E-state index is 0.00213. The first-order chi connectivity index (χ1) is 13.6. The normalized spacial score (nSPS) is 17.9. The Labute approximate surface area is 169 Å². The molecule has 156 valence electrons. The van der Waals surface area contributed by atoms with Crippen molar-refractivity contribution in [1.82, 2.24) is 4.31 Å². The molecule has 0 aliphatic carbocycles. The number of aryl methyl sites for hydroxylation is 3. The Kier molecular flexibility index (Phi) is 6.05. The van der Waals surface area contributed by atoms with Crippen molar-refractivity contribution in [2.75, 3.05) is 18.4 Å². The van der Waals surface area contributed by atoms with E-state index in [1.165, 1.54) is 4.31 Å². The number of hydrogen-bond acceptors (Lipinski definition) is 3. The average Bonchev–Trinajstić information content (AvgIpc) is 2.63.